The lowest BCUT2D eigenvalue weighted by molar-refractivity contribution is 0.411. The highest BCUT2D eigenvalue weighted by molar-refractivity contribution is 6.35. The molecule has 0 aliphatic carbocycles. The van der Waals surface area contributed by atoms with Gasteiger partial charge >= 0.3 is 0 Å². The summed E-state index contributed by atoms with van der Waals surface area (Å²) >= 11 is 11.9. The van der Waals surface area contributed by atoms with E-state index in [9.17, 15) is 0 Å². The summed E-state index contributed by atoms with van der Waals surface area (Å²) in [4.78, 5) is 0. The third-order valence-corrected chi connectivity index (χ3v) is 2.65. The highest BCUT2D eigenvalue weighted by atomic mass is 35.5. The Labute approximate surface area is 110 Å². The normalized spacial score (nSPS) is 8.31. The smallest absolute Gasteiger partial charge is 0.142 e. The van der Waals surface area contributed by atoms with Crippen LogP contribution in [-0.2, 0) is 0 Å². The average Bonchev–Trinajstić information content (AvgIpc) is 2.33. The Balaban J connectivity index is 0. The van der Waals surface area contributed by atoms with Crippen molar-refractivity contribution in [3.05, 3.63) is 27.2 Å². The van der Waals surface area contributed by atoms with E-state index in [-0.39, 0.29) is 0 Å². The van der Waals surface area contributed by atoms with Crippen LogP contribution in [0.15, 0.2) is 6.07 Å². The Morgan fingerprint density at radius 2 is 1.44 bits per heavy atom. The van der Waals surface area contributed by atoms with Crippen LogP contribution in [0.5, 0.6) is 5.75 Å². The zero-order chi connectivity index (χ0) is 13.3. The van der Waals surface area contributed by atoms with E-state index in [1.54, 1.807) is 7.11 Å². The number of rotatable bonds is 1. The van der Waals surface area contributed by atoms with Gasteiger partial charge in [0.05, 0.1) is 12.1 Å². The zero-order valence-electron chi connectivity index (χ0n) is 11.2. The van der Waals surface area contributed by atoms with Gasteiger partial charge < -0.3 is 4.74 Å². The highest BCUT2D eigenvalue weighted by Gasteiger charge is 2.10. The first kappa shape index (κ1) is 18.0. The maximum Gasteiger partial charge on any atom is 0.142 e. The fourth-order valence-corrected chi connectivity index (χ4v) is 1.58. The summed E-state index contributed by atoms with van der Waals surface area (Å²) in [6.07, 6.45) is 0. The fourth-order valence-electron chi connectivity index (χ4n) is 1.06. The molecule has 0 aliphatic heterocycles. The van der Waals surface area contributed by atoms with E-state index in [1.807, 2.05) is 47.6 Å². The summed E-state index contributed by atoms with van der Waals surface area (Å²) in [5.74, 6) is 0.668. The standard InChI is InChI=1S/C9H10Cl2O.2C2H6/c1-5-4-7(10)6(2)9(12-3)8(5)11;2*1-2/h4H,1-3H3;2*1-2H3. The van der Waals surface area contributed by atoms with Crippen LogP contribution in [0.1, 0.15) is 38.8 Å². The fraction of sp³-hybridized carbons (Fsp3) is 0.538. The number of hydrogen-bond acceptors (Lipinski definition) is 1. The van der Waals surface area contributed by atoms with Gasteiger partial charge in [-0.1, -0.05) is 50.9 Å². The van der Waals surface area contributed by atoms with Crippen molar-refractivity contribution in [3.8, 4) is 5.75 Å². The summed E-state index contributed by atoms with van der Waals surface area (Å²) in [5.41, 5.74) is 1.82. The number of aryl methyl sites for hydroxylation is 1. The number of halogens is 2. The van der Waals surface area contributed by atoms with Crippen LogP contribution in [0.25, 0.3) is 0 Å². The quantitative estimate of drug-likeness (QED) is 0.635. The first-order valence-electron chi connectivity index (χ1n) is 5.57. The van der Waals surface area contributed by atoms with Gasteiger partial charge in [0.25, 0.3) is 0 Å². The molecule has 1 nitrogen and oxygen atoms in total. The Morgan fingerprint density at radius 3 is 1.81 bits per heavy atom. The molecule has 0 saturated heterocycles. The molecule has 0 radical (unpaired) electrons. The predicted molar refractivity (Wildman–Crippen MR) is 75.2 cm³/mol. The van der Waals surface area contributed by atoms with Crippen LogP contribution >= 0.6 is 23.2 Å². The van der Waals surface area contributed by atoms with Crippen LogP contribution in [0, 0.1) is 13.8 Å². The number of ether oxygens (including phenoxy) is 1. The summed E-state index contributed by atoms with van der Waals surface area (Å²) in [6.45, 7) is 11.8. The molecule has 3 heteroatoms. The lowest BCUT2D eigenvalue weighted by atomic mass is 10.1. The van der Waals surface area contributed by atoms with Crippen molar-refractivity contribution >= 4 is 23.2 Å². The SMILES string of the molecule is CC.CC.COc1c(C)c(Cl)cc(C)c1Cl. The van der Waals surface area contributed by atoms with E-state index >= 15 is 0 Å². The van der Waals surface area contributed by atoms with Crippen LogP contribution in [0.4, 0.5) is 0 Å². The molecular formula is C13H22Cl2O. The van der Waals surface area contributed by atoms with Crippen molar-refractivity contribution in [2.24, 2.45) is 0 Å². The summed E-state index contributed by atoms with van der Waals surface area (Å²) in [6, 6.07) is 1.84. The van der Waals surface area contributed by atoms with Crippen LogP contribution in [0.3, 0.4) is 0 Å². The van der Waals surface area contributed by atoms with Gasteiger partial charge in [0.1, 0.15) is 5.75 Å². The molecule has 0 aromatic heterocycles. The Kier molecular flexibility index (Phi) is 11.0. The molecule has 0 saturated carbocycles. The van der Waals surface area contributed by atoms with Crippen molar-refractivity contribution in [1.29, 1.82) is 0 Å². The second kappa shape index (κ2) is 9.80. The topological polar surface area (TPSA) is 9.23 Å². The van der Waals surface area contributed by atoms with Crippen molar-refractivity contribution < 1.29 is 4.74 Å². The van der Waals surface area contributed by atoms with Gasteiger partial charge in [0.15, 0.2) is 0 Å². The number of methoxy groups -OCH3 is 1. The maximum absolute atomic E-state index is 5.99. The first-order chi connectivity index (χ1) is 7.57. The molecule has 1 rings (SSSR count). The summed E-state index contributed by atoms with van der Waals surface area (Å²) < 4.78 is 5.12. The Morgan fingerprint density at radius 1 is 1.00 bits per heavy atom. The third-order valence-electron chi connectivity index (χ3n) is 1.79. The van der Waals surface area contributed by atoms with Crippen LogP contribution in [0.2, 0.25) is 10.0 Å². The van der Waals surface area contributed by atoms with Gasteiger partial charge in [0, 0.05) is 10.6 Å². The maximum atomic E-state index is 5.99. The third kappa shape index (κ3) is 4.63. The second-order valence-electron chi connectivity index (χ2n) is 2.65. The van der Waals surface area contributed by atoms with Crippen LogP contribution in [-0.4, -0.2) is 7.11 Å². The van der Waals surface area contributed by atoms with Crippen molar-refractivity contribution in [2.45, 2.75) is 41.5 Å². The minimum Gasteiger partial charge on any atom is -0.495 e. The van der Waals surface area contributed by atoms with E-state index in [0.717, 1.165) is 11.1 Å². The molecule has 0 heterocycles. The molecule has 0 spiro atoms. The van der Waals surface area contributed by atoms with Crippen molar-refractivity contribution in [2.75, 3.05) is 7.11 Å². The van der Waals surface area contributed by atoms with E-state index in [2.05, 4.69) is 0 Å². The largest absolute Gasteiger partial charge is 0.495 e. The molecular weight excluding hydrogens is 243 g/mol. The molecule has 0 amide bonds. The monoisotopic (exact) mass is 264 g/mol. The minimum atomic E-state index is 0.638. The van der Waals surface area contributed by atoms with Gasteiger partial charge in [-0.25, -0.2) is 0 Å². The van der Waals surface area contributed by atoms with E-state index in [4.69, 9.17) is 27.9 Å². The van der Waals surface area contributed by atoms with Crippen LogP contribution < -0.4 is 4.74 Å². The average molecular weight is 265 g/mol. The number of benzene rings is 1. The second-order valence-corrected chi connectivity index (χ2v) is 3.43. The first-order valence-corrected chi connectivity index (χ1v) is 6.32. The van der Waals surface area contributed by atoms with Gasteiger partial charge in [-0.2, -0.15) is 0 Å². The molecule has 1 aromatic rings. The molecule has 1 aromatic carbocycles. The molecule has 0 bridgehead atoms. The summed E-state index contributed by atoms with van der Waals surface area (Å²) in [7, 11) is 1.59. The van der Waals surface area contributed by atoms with Gasteiger partial charge in [-0.05, 0) is 25.5 Å². The molecule has 0 unspecified atom stereocenters. The molecule has 0 atom stereocenters. The highest BCUT2D eigenvalue weighted by Crippen LogP contribution is 2.35. The Hall–Kier alpha value is -0.400. The Bertz CT molecular complexity index is 283. The lowest BCUT2D eigenvalue weighted by Crippen LogP contribution is -1.91. The van der Waals surface area contributed by atoms with E-state index < -0.39 is 0 Å². The van der Waals surface area contributed by atoms with Crippen molar-refractivity contribution in [3.63, 3.8) is 0 Å². The minimum absolute atomic E-state index is 0.638. The summed E-state index contributed by atoms with van der Waals surface area (Å²) in [5, 5.41) is 1.33. The van der Waals surface area contributed by atoms with Gasteiger partial charge in [-0.15, -0.1) is 0 Å². The van der Waals surface area contributed by atoms with Crippen molar-refractivity contribution in [1.82, 2.24) is 0 Å². The molecule has 0 N–H and O–H groups in total. The molecule has 16 heavy (non-hydrogen) atoms. The van der Waals surface area contributed by atoms with Gasteiger partial charge in [0.2, 0.25) is 0 Å². The van der Waals surface area contributed by atoms with E-state index in [0.29, 0.717) is 15.8 Å². The predicted octanol–water partition coefficient (Wildman–Crippen LogP) is 5.67. The molecule has 94 valence electrons. The van der Waals surface area contributed by atoms with Gasteiger partial charge in [-0.3, -0.25) is 0 Å². The molecule has 0 aliphatic rings. The lowest BCUT2D eigenvalue weighted by Gasteiger charge is -2.10. The zero-order valence-corrected chi connectivity index (χ0v) is 12.8. The molecule has 0 fully saturated rings. The van der Waals surface area contributed by atoms with E-state index in [1.165, 1.54) is 0 Å². The number of hydrogen-bond donors (Lipinski definition) is 0.